The number of methoxy groups -OCH3 is 2. The Kier molecular flexibility index (Phi) is 3.29. The summed E-state index contributed by atoms with van der Waals surface area (Å²) in [5.74, 6) is 1.36. The number of H-pyrrole nitrogens is 1. The van der Waals surface area contributed by atoms with E-state index in [2.05, 4.69) is 9.98 Å². The van der Waals surface area contributed by atoms with Gasteiger partial charge in [0.25, 0.3) is 0 Å². The Morgan fingerprint density at radius 3 is 2.57 bits per heavy atom. The fourth-order valence-corrected chi connectivity index (χ4v) is 2.69. The summed E-state index contributed by atoms with van der Waals surface area (Å²) in [6.45, 7) is 0.636. The molecule has 0 radical (unpaired) electrons. The summed E-state index contributed by atoms with van der Waals surface area (Å²) in [5, 5.41) is 0. The van der Waals surface area contributed by atoms with Crippen LogP contribution in [0, 0.1) is 0 Å². The number of benzene rings is 1. The van der Waals surface area contributed by atoms with Crippen molar-refractivity contribution in [2.24, 2.45) is 4.99 Å². The number of fused-ring (bicyclic) bond motifs is 3. The smallest absolute Gasteiger partial charge is 0.327 e. The van der Waals surface area contributed by atoms with E-state index in [4.69, 9.17) is 9.47 Å². The van der Waals surface area contributed by atoms with Crippen LogP contribution in [0.3, 0.4) is 0 Å². The Morgan fingerprint density at radius 2 is 1.90 bits per heavy atom. The van der Waals surface area contributed by atoms with Crippen LogP contribution >= 0.6 is 0 Å². The van der Waals surface area contributed by atoms with Gasteiger partial charge < -0.3 is 9.47 Å². The number of aryl methyl sites for hydroxylation is 1. The number of hydrogen-bond donors (Lipinski definition) is 1. The van der Waals surface area contributed by atoms with Crippen LogP contribution in [-0.4, -0.2) is 30.8 Å². The van der Waals surface area contributed by atoms with Crippen LogP contribution < -0.4 is 20.7 Å². The van der Waals surface area contributed by atoms with Crippen LogP contribution in [0.2, 0.25) is 0 Å². The molecule has 2 aromatic rings. The van der Waals surface area contributed by atoms with Crippen LogP contribution in [0.15, 0.2) is 28.0 Å². The van der Waals surface area contributed by atoms with E-state index >= 15 is 0 Å². The van der Waals surface area contributed by atoms with Crippen molar-refractivity contribution in [1.29, 1.82) is 0 Å². The Hall–Kier alpha value is -2.50. The second-order valence-corrected chi connectivity index (χ2v) is 4.83. The van der Waals surface area contributed by atoms with Crippen LogP contribution in [0.1, 0.15) is 5.56 Å². The minimum atomic E-state index is -0.145. The molecule has 6 nitrogen and oxygen atoms in total. The van der Waals surface area contributed by atoms with Crippen LogP contribution in [0.4, 0.5) is 0 Å². The summed E-state index contributed by atoms with van der Waals surface area (Å²) < 4.78 is 12.4. The zero-order valence-corrected chi connectivity index (χ0v) is 12.3. The predicted octanol–water partition coefficient (Wildman–Crippen LogP) is 0.947. The van der Waals surface area contributed by atoms with E-state index in [9.17, 15) is 4.79 Å². The maximum atomic E-state index is 12.1. The van der Waals surface area contributed by atoms with E-state index in [1.165, 1.54) is 0 Å². The predicted molar refractivity (Wildman–Crippen MR) is 78.8 cm³/mol. The monoisotopic (exact) mass is 287 g/mol. The molecule has 110 valence electrons. The summed E-state index contributed by atoms with van der Waals surface area (Å²) in [5.41, 5.74) is 3.39. The first kappa shape index (κ1) is 13.5. The number of aromatic nitrogens is 2. The highest BCUT2D eigenvalue weighted by Gasteiger charge is 2.20. The Bertz CT molecular complexity index is 818. The summed E-state index contributed by atoms with van der Waals surface area (Å²) in [6, 6.07) is 5.77. The van der Waals surface area contributed by atoms with Crippen molar-refractivity contribution in [3.05, 3.63) is 39.7 Å². The van der Waals surface area contributed by atoms with Crippen LogP contribution in [-0.2, 0) is 13.0 Å². The molecular weight excluding hydrogens is 270 g/mol. The Labute approximate surface area is 121 Å². The standard InChI is InChI=1S/C15H17N3O3/c1-16-14-8-11-10-7-13(21-3)12(20-2)6-9(10)4-5-18(11)15(19)17-14/h6-8H,4-5H2,1-3H3,(H,16,17,19). The van der Waals surface area contributed by atoms with Gasteiger partial charge in [-0.3, -0.25) is 14.5 Å². The molecule has 0 amide bonds. The maximum Gasteiger partial charge on any atom is 0.327 e. The molecule has 0 unspecified atom stereocenters. The Morgan fingerprint density at radius 1 is 1.19 bits per heavy atom. The molecule has 1 aliphatic heterocycles. The fourth-order valence-electron chi connectivity index (χ4n) is 2.69. The van der Waals surface area contributed by atoms with E-state index in [-0.39, 0.29) is 5.69 Å². The van der Waals surface area contributed by atoms with Crippen molar-refractivity contribution in [3.8, 4) is 22.8 Å². The average molecular weight is 287 g/mol. The minimum absolute atomic E-state index is 0.145. The van der Waals surface area contributed by atoms with Gasteiger partial charge in [-0.2, -0.15) is 0 Å². The molecule has 21 heavy (non-hydrogen) atoms. The second-order valence-electron chi connectivity index (χ2n) is 4.83. The molecule has 0 saturated carbocycles. The van der Waals surface area contributed by atoms with E-state index in [1.54, 1.807) is 25.8 Å². The maximum absolute atomic E-state index is 12.1. The van der Waals surface area contributed by atoms with Gasteiger partial charge in [0.15, 0.2) is 11.5 Å². The van der Waals surface area contributed by atoms with E-state index < -0.39 is 0 Å². The molecule has 0 atom stereocenters. The van der Waals surface area contributed by atoms with Gasteiger partial charge in [-0.1, -0.05) is 0 Å². The lowest BCUT2D eigenvalue weighted by Crippen LogP contribution is -2.33. The van der Waals surface area contributed by atoms with Gasteiger partial charge in [0, 0.05) is 25.2 Å². The third kappa shape index (κ3) is 2.12. The third-order valence-corrected chi connectivity index (χ3v) is 3.78. The molecule has 6 heteroatoms. The van der Waals surface area contributed by atoms with Crippen molar-refractivity contribution in [2.45, 2.75) is 13.0 Å². The number of ether oxygens (including phenoxy) is 2. The van der Waals surface area contributed by atoms with Crippen molar-refractivity contribution in [2.75, 3.05) is 21.3 Å². The normalized spacial score (nSPS) is 13.6. The first-order chi connectivity index (χ1) is 10.2. The second kappa shape index (κ2) is 5.12. The van der Waals surface area contributed by atoms with Crippen LogP contribution in [0.25, 0.3) is 11.3 Å². The Balaban J connectivity index is 2.31. The molecule has 0 spiro atoms. The number of hydrogen-bond acceptors (Lipinski definition) is 4. The van der Waals surface area contributed by atoms with E-state index in [0.717, 1.165) is 23.2 Å². The number of nitrogens with zero attached hydrogens (tertiary/aromatic N) is 2. The lowest BCUT2D eigenvalue weighted by Gasteiger charge is -2.22. The van der Waals surface area contributed by atoms with Gasteiger partial charge in [0.2, 0.25) is 0 Å². The highest BCUT2D eigenvalue weighted by molar-refractivity contribution is 5.69. The lowest BCUT2D eigenvalue weighted by atomic mass is 9.97. The summed E-state index contributed by atoms with van der Waals surface area (Å²) in [7, 11) is 4.88. The molecule has 1 N–H and O–H groups in total. The molecule has 0 bridgehead atoms. The fraction of sp³-hybridized carbons (Fsp3) is 0.333. The zero-order valence-electron chi connectivity index (χ0n) is 12.3. The largest absolute Gasteiger partial charge is 0.493 e. The first-order valence-electron chi connectivity index (χ1n) is 6.70. The highest BCUT2D eigenvalue weighted by Crippen LogP contribution is 2.37. The minimum Gasteiger partial charge on any atom is -0.493 e. The molecule has 2 heterocycles. The van der Waals surface area contributed by atoms with Gasteiger partial charge in [-0.25, -0.2) is 4.79 Å². The molecule has 0 fully saturated rings. The number of rotatable bonds is 2. The van der Waals surface area contributed by atoms with Crippen LogP contribution in [0.5, 0.6) is 11.5 Å². The zero-order chi connectivity index (χ0) is 15.0. The molecule has 1 aromatic carbocycles. The van der Waals surface area contributed by atoms with Crippen molar-refractivity contribution < 1.29 is 9.47 Å². The van der Waals surface area contributed by atoms with Gasteiger partial charge in [-0.05, 0) is 24.1 Å². The quantitative estimate of drug-likeness (QED) is 0.894. The summed E-state index contributed by atoms with van der Waals surface area (Å²) in [4.78, 5) is 18.9. The van der Waals surface area contributed by atoms with E-state index in [1.807, 2.05) is 18.2 Å². The topological polar surface area (TPSA) is 68.6 Å². The van der Waals surface area contributed by atoms with Gasteiger partial charge >= 0.3 is 5.69 Å². The first-order valence-corrected chi connectivity index (χ1v) is 6.70. The van der Waals surface area contributed by atoms with Crippen molar-refractivity contribution in [3.63, 3.8) is 0 Å². The van der Waals surface area contributed by atoms with Gasteiger partial charge in [-0.15, -0.1) is 0 Å². The lowest BCUT2D eigenvalue weighted by molar-refractivity contribution is 0.354. The molecule has 0 aliphatic carbocycles. The molecule has 0 saturated heterocycles. The van der Waals surface area contributed by atoms with Crippen molar-refractivity contribution in [1.82, 2.24) is 9.55 Å². The van der Waals surface area contributed by atoms with E-state index in [0.29, 0.717) is 23.5 Å². The number of aromatic amines is 1. The summed E-state index contributed by atoms with van der Waals surface area (Å²) in [6.07, 6.45) is 0.777. The highest BCUT2D eigenvalue weighted by atomic mass is 16.5. The van der Waals surface area contributed by atoms with Gasteiger partial charge in [0.1, 0.15) is 5.49 Å². The third-order valence-electron chi connectivity index (χ3n) is 3.78. The molecule has 1 aromatic heterocycles. The summed E-state index contributed by atoms with van der Waals surface area (Å²) >= 11 is 0. The average Bonchev–Trinajstić information content (AvgIpc) is 2.52. The van der Waals surface area contributed by atoms with Crippen molar-refractivity contribution >= 4 is 0 Å². The van der Waals surface area contributed by atoms with Gasteiger partial charge in [0.05, 0.1) is 19.9 Å². The molecule has 3 rings (SSSR count). The number of nitrogens with one attached hydrogen (secondary N) is 1. The molecule has 1 aliphatic rings. The molecular formula is C15H17N3O3. The SMILES string of the molecule is C/N=c1\cc2n(c(=O)[nH]1)CCc1cc(OC)c(OC)cc1-2.